The molecule has 3 heteroatoms. The maximum atomic E-state index is 12.3. The monoisotopic (exact) mass is 131 g/mol. The van der Waals surface area contributed by atoms with Crippen molar-refractivity contribution >= 4 is 5.91 Å². The fourth-order valence-corrected chi connectivity index (χ4v) is 1.00. The Kier molecular flexibility index (Phi) is 1.69. The van der Waals surface area contributed by atoms with Gasteiger partial charge in [-0.2, -0.15) is 0 Å². The lowest BCUT2D eigenvalue weighted by Crippen LogP contribution is -2.25. The number of alkyl halides is 1. The third kappa shape index (κ3) is 1.40. The first kappa shape index (κ1) is 6.52. The predicted molar refractivity (Wildman–Crippen MR) is 31.8 cm³/mol. The number of halogens is 1. The van der Waals surface area contributed by atoms with Gasteiger partial charge in [0.2, 0.25) is 5.91 Å². The van der Waals surface area contributed by atoms with Gasteiger partial charge >= 0.3 is 0 Å². The lowest BCUT2D eigenvalue weighted by Gasteiger charge is -2.10. The molecule has 1 aliphatic heterocycles. The lowest BCUT2D eigenvalue weighted by molar-refractivity contribution is -0.127. The summed E-state index contributed by atoms with van der Waals surface area (Å²) in [7, 11) is 0. The van der Waals surface area contributed by atoms with Crippen LogP contribution in [-0.2, 0) is 4.79 Å². The highest BCUT2D eigenvalue weighted by Crippen LogP contribution is 2.11. The van der Waals surface area contributed by atoms with E-state index in [1.807, 2.05) is 0 Å². The van der Waals surface area contributed by atoms with Crippen LogP contribution in [0.25, 0.3) is 0 Å². The topological polar surface area (TPSA) is 20.3 Å². The van der Waals surface area contributed by atoms with Crippen LogP contribution in [0.2, 0.25) is 0 Å². The van der Waals surface area contributed by atoms with E-state index in [0.29, 0.717) is 19.5 Å². The SMILES string of the molecule is CC(=O)N1CC[C@H](F)C1. The van der Waals surface area contributed by atoms with Gasteiger partial charge in [0.25, 0.3) is 0 Å². The molecule has 1 amide bonds. The maximum absolute atomic E-state index is 12.3. The van der Waals surface area contributed by atoms with Crippen LogP contribution >= 0.6 is 0 Å². The molecular weight excluding hydrogens is 121 g/mol. The predicted octanol–water partition coefficient (Wildman–Crippen LogP) is 0.577. The first-order chi connectivity index (χ1) is 4.20. The van der Waals surface area contributed by atoms with Crippen molar-refractivity contribution in [2.24, 2.45) is 0 Å². The summed E-state index contributed by atoms with van der Waals surface area (Å²) in [4.78, 5) is 12.1. The van der Waals surface area contributed by atoms with E-state index in [1.54, 1.807) is 0 Å². The lowest BCUT2D eigenvalue weighted by atomic mass is 10.3. The Morgan fingerprint density at radius 2 is 2.44 bits per heavy atom. The molecule has 2 nitrogen and oxygen atoms in total. The molecule has 1 heterocycles. The van der Waals surface area contributed by atoms with Crippen LogP contribution < -0.4 is 0 Å². The molecule has 0 aliphatic carbocycles. The number of hydrogen-bond donors (Lipinski definition) is 0. The van der Waals surface area contributed by atoms with E-state index in [0.717, 1.165) is 0 Å². The Balaban J connectivity index is 2.39. The molecule has 1 rings (SSSR count). The molecule has 0 saturated carbocycles. The smallest absolute Gasteiger partial charge is 0.219 e. The first-order valence-corrected chi connectivity index (χ1v) is 3.09. The van der Waals surface area contributed by atoms with Crippen molar-refractivity contribution in [2.45, 2.75) is 19.5 Å². The summed E-state index contributed by atoms with van der Waals surface area (Å²) < 4.78 is 12.3. The van der Waals surface area contributed by atoms with Crippen molar-refractivity contribution < 1.29 is 9.18 Å². The Hall–Kier alpha value is -0.600. The third-order valence-corrected chi connectivity index (χ3v) is 1.58. The molecule has 52 valence electrons. The standard InChI is InChI=1S/C6H10FNO/c1-5(9)8-3-2-6(7)4-8/h6H,2-4H2,1H3/t6-/m0/s1. The Labute approximate surface area is 53.6 Å². The number of carbonyl (C=O) groups excluding carboxylic acids is 1. The normalized spacial score (nSPS) is 26.9. The summed E-state index contributed by atoms with van der Waals surface area (Å²) >= 11 is 0. The summed E-state index contributed by atoms with van der Waals surface area (Å²) in [5.74, 6) is -0.0184. The van der Waals surface area contributed by atoms with Gasteiger partial charge < -0.3 is 4.90 Å². The number of likely N-dealkylation sites (tertiary alicyclic amines) is 1. The minimum atomic E-state index is -0.783. The second-order valence-electron chi connectivity index (χ2n) is 2.35. The number of nitrogens with zero attached hydrogens (tertiary/aromatic N) is 1. The number of amides is 1. The summed E-state index contributed by atoms with van der Waals surface area (Å²) in [6.07, 6.45) is -0.270. The summed E-state index contributed by atoms with van der Waals surface area (Å²) in [5.41, 5.74) is 0. The van der Waals surface area contributed by atoms with Crippen molar-refractivity contribution in [1.29, 1.82) is 0 Å². The molecule has 1 aliphatic rings. The van der Waals surface area contributed by atoms with Crippen LogP contribution in [0.1, 0.15) is 13.3 Å². The summed E-state index contributed by atoms with van der Waals surface area (Å²) in [6, 6.07) is 0. The van der Waals surface area contributed by atoms with Crippen molar-refractivity contribution in [1.82, 2.24) is 4.90 Å². The van der Waals surface area contributed by atoms with E-state index < -0.39 is 6.17 Å². The molecule has 1 atom stereocenters. The Morgan fingerprint density at radius 1 is 1.78 bits per heavy atom. The molecule has 1 saturated heterocycles. The van der Waals surface area contributed by atoms with Gasteiger partial charge in [-0.25, -0.2) is 4.39 Å². The van der Waals surface area contributed by atoms with Crippen LogP contribution in [0.15, 0.2) is 0 Å². The molecule has 0 N–H and O–H groups in total. The largest absolute Gasteiger partial charge is 0.340 e. The van der Waals surface area contributed by atoms with E-state index >= 15 is 0 Å². The minimum absolute atomic E-state index is 0.0184. The number of rotatable bonds is 0. The zero-order valence-corrected chi connectivity index (χ0v) is 5.43. The molecule has 9 heavy (non-hydrogen) atoms. The fourth-order valence-electron chi connectivity index (χ4n) is 1.00. The highest BCUT2D eigenvalue weighted by Gasteiger charge is 2.22. The van der Waals surface area contributed by atoms with Gasteiger partial charge in [0.1, 0.15) is 6.17 Å². The molecule has 0 unspecified atom stereocenters. The van der Waals surface area contributed by atoms with E-state index in [4.69, 9.17) is 0 Å². The Bertz CT molecular complexity index is 126. The van der Waals surface area contributed by atoms with Crippen LogP contribution in [0, 0.1) is 0 Å². The van der Waals surface area contributed by atoms with Gasteiger partial charge in [-0.05, 0) is 6.42 Å². The molecule has 0 spiro atoms. The van der Waals surface area contributed by atoms with Gasteiger partial charge in [-0.3, -0.25) is 4.79 Å². The molecule has 0 aromatic carbocycles. The van der Waals surface area contributed by atoms with Crippen LogP contribution in [0.3, 0.4) is 0 Å². The highest BCUT2D eigenvalue weighted by atomic mass is 19.1. The van der Waals surface area contributed by atoms with Crippen molar-refractivity contribution in [3.63, 3.8) is 0 Å². The minimum Gasteiger partial charge on any atom is -0.340 e. The van der Waals surface area contributed by atoms with E-state index in [9.17, 15) is 9.18 Å². The van der Waals surface area contributed by atoms with E-state index in [2.05, 4.69) is 0 Å². The van der Waals surface area contributed by atoms with Crippen molar-refractivity contribution in [3.8, 4) is 0 Å². The first-order valence-electron chi connectivity index (χ1n) is 3.09. The number of hydrogen-bond acceptors (Lipinski definition) is 1. The van der Waals surface area contributed by atoms with Crippen molar-refractivity contribution in [3.05, 3.63) is 0 Å². The van der Waals surface area contributed by atoms with Gasteiger partial charge in [0.15, 0.2) is 0 Å². The maximum Gasteiger partial charge on any atom is 0.219 e. The van der Waals surface area contributed by atoms with Crippen LogP contribution in [0.5, 0.6) is 0 Å². The van der Waals surface area contributed by atoms with Gasteiger partial charge in [0.05, 0.1) is 6.54 Å². The van der Waals surface area contributed by atoms with E-state index in [1.165, 1.54) is 11.8 Å². The average Bonchev–Trinajstić information content (AvgIpc) is 2.14. The molecule has 1 fully saturated rings. The number of carbonyl (C=O) groups is 1. The van der Waals surface area contributed by atoms with Gasteiger partial charge in [-0.1, -0.05) is 0 Å². The quantitative estimate of drug-likeness (QED) is 0.471. The zero-order chi connectivity index (χ0) is 6.85. The molecule has 0 aromatic heterocycles. The van der Waals surface area contributed by atoms with Gasteiger partial charge in [-0.15, -0.1) is 0 Å². The Morgan fingerprint density at radius 3 is 2.67 bits per heavy atom. The molecular formula is C6H10FNO. The average molecular weight is 131 g/mol. The molecule has 0 bridgehead atoms. The van der Waals surface area contributed by atoms with Crippen molar-refractivity contribution in [2.75, 3.05) is 13.1 Å². The zero-order valence-electron chi connectivity index (χ0n) is 5.43. The van der Waals surface area contributed by atoms with E-state index in [-0.39, 0.29) is 5.91 Å². The second-order valence-corrected chi connectivity index (χ2v) is 2.35. The highest BCUT2D eigenvalue weighted by molar-refractivity contribution is 5.73. The second kappa shape index (κ2) is 2.33. The third-order valence-electron chi connectivity index (χ3n) is 1.58. The summed E-state index contributed by atoms with van der Waals surface area (Å²) in [6.45, 7) is 2.36. The molecule has 0 aromatic rings. The summed E-state index contributed by atoms with van der Waals surface area (Å²) in [5, 5.41) is 0. The fraction of sp³-hybridized carbons (Fsp3) is 0.833. The van der Waals surface area contributed by atoms with Crippen LogP contribution in [-0.4, -0.2) is 30.1 Å². The van der Waals surface area contributed by atoms with Gasteiger partial charge in [0, 0.05) is 13.5 Å². The molecule has 0 radical (unpaired) electrons. The van der Waals surface area contributed by atoms with Crippen LogP contribution in [0.4, 0.5) is 4.39 Å².